The summed E-state index contributed by atoms with van der Waals surface area (Å²) in [6.45, 7) is 3.92. The lowest BCUT2D eigenvalue weighted by molar-refractivity contribution is 0.0824. The summed E-state index contributed by atoms with van der Waals surface area (Å²) < 4.78 is 1.66. The summed E-state index contributed by atoms with van der Waals surface area (Å²) in [5.41, 5.74) is 4.15. The van der Waals surface area contributed by atoms with Gasteiger partial charge in [-0.3, -0.25) is 14.2 Å². The average molecular weight is 414 g/mol. The number of hydrogen-bond acceptors (Lipinski definition) is 3. The van der Waals surface area contributed by atoms with Gasteiger partial charge in [-0.25, -0.2) is 0 Å². The number of amides is 1. The Morgan fingerprint density at radius 2 is 1.71 bits per heavy atom. The lowest BCUT2D eigenvalue weighted by atomic mass is 9.97. The number of unbranched alkanes of at least 4 members (excludes halogenated alkanes) is 1. The largest absolute Gasteiger partial charge is 0.345 e. The third-order valence-electron chi connectivity index (χ3n) is 5.37. The van der Waals surface area contributed by atoms with Crippen LogP contribution in [0.2, 0.25) is 0 Å². The van der Waals surface area contributed by atoms with E-state index in [0.29, 0.717) is 16.8 Å². The van der Waals surface area contributed by atoms with Crippen LogP contribution in [0, 0.1) is 18.3 Å². The van der Waals surface area contributed by atoms with Gasteiger partial charge in [0.2, 0.25) is 0 Å². The van der Waals surface area contributed by atoms with Crippen molar-refractivity contribution in [1.29, 1.82) is 5.26 Å². The van der Waals surface area contributed by atoms with E-state index in [1.807, 2.05) is 55.5 Å². The van der Waals surface area contributed by atoms with Crippen molar-refractivity contribution in [3.05, 3.63) is 87.3 Å². The molecule has 0 N–H and O–H groups in total. The van der Waals surface area contributed by atoms with Gasteiger partial charge in [-0.2, -0.15) is 5.26 Å². The maximum atomic E-state index is 13.7. The summed E-state index contributed by atoms with van der Waals surface area (Å²) in [5, 5.41) is 9.61. The number of para-hydroxylation sites is 1. The second-order valence-corrected chi connectivity index (χ2v) is 7.81. The van der Waals surface area contributed by atoms with Crippen molar-refractivity contribution >= 4 is 5.91 Å². The van der Waals surface area contributed by atoms with Crippen LogP contribution in [-0.4, -0.2) is 29.5 Å². The average Bonchev–Trinajstić information content (AvgIpc) is 2.77. The Morgan fingerprint density at radius 1 is 1.06 bits per heavy atom. The number of carbonyl (C=O) groups excluding carboxylic acids is 1. The van der Waals surface area contributed by atoms with E-state index in [1.165, 1.54) is 4.90 Å². The van der Waals surface area contributed by atoms with Crippen LogP contribution in [0.25, 0.3) is 16.8 Å². The van der Waals surface area contributed by atoms with Crippen molar-refractivity contribution in [2.24, 2.45) is 0 Å². The van der Waals surface area contributed by atoms with Crippen molar-refractivity contribution in [1.82, 2.24) is 9.47 Å². The van der Waals surface area contributed by atoms with E-state index in [1.54, 1.807) is 24.7 Å². The number of aromatic nitrogens is 1. The third kappa shape index (κ3) is 4.29. The minimum absolute atomic E-state index is 0.175. The monoisotopic (exact) mass is 413 g/mol. The standard InChI is InChI=1S/C26H27N3O2/c1-5-6-12-20-16-18(2)24(25(30)28(3)4)26(31)29(20)23-15-10-9-14-22(23)21-13-8-7-11-19(21)17-27/h7-11,13-16H,5-6,12H2,1-4H3. The zero-order valence-electron chi connectivity index (χ0n) is 18.5. The molecule has 0 saturated heterocycles. The summed E-state index contributed by atoms with van der Waals surface area (Å²) >= 11 is 0. The van der Waals surface area contributed by atoms with Gasteiger partial charge < -0.3 is 4.90 Å². The first-order valence-electron chi connectivity index (χ1n) is 10.5. The molecule has 0 unspecified atom stereocenters. The summed E-state index contributed by atoms with van der Waals surface area (Å²) in [6.07, 6.45) is 2.64. The van der Waals surface area contributed by atoms with Crippen molar-refractivity contribution in [3.8, 4) is 22.9 Å². The van der Waals surface area contributed by atoms with Gasteiger partial charge >= 0.3 is 0 Å². The number of aryl methyl sites for hydroxylation is 2. The minimum atomic E-state index is -0.327. The predicted octanol–water partition coefficient (Wildman–Crippen LogP) is 4.73. The van der Waals surface area contributed by atoms with Crippen LogP contribution in [0.5, 0.6) is 0 Å². The normalized spacial score (nSPS) is 10.5. The maximum absolute atomic E-state index is 13.7. The number of nitriles is 1. The van der Waals surface area contributed by atoms with Crippen molar-refractivity contribution in [2.75, 3.05) is 14.1 Å². The number of nitrogens with zero attached hydrogens (tertiary/aromatic N) is 3. The fourth-order valence-electron chi connectivity index (χ4n) is 3.80. The molecule has 1 heterocycles. The lowest BCUT2D eigenvalue weighted by Crippen LogP contribution is -2.34. The highest BCUT2D eigenvalue weighted by atomic mass is 16.2. The number of carbonyl (C=O) groups is 1. The molecule has 5 heteroatoms. The van der Waals surface area contributed by atoms with Crippen LogP contribution < -0.4 is 5.56 Å². The molecule has 3 aromatic rings. The molecular formula is C26H27N3O2. The van der Waals surface area contributed by atoms with Crippen molar-refractivity contribution in [3.63, 3.8) is 0 Å². The molecule has 0 fully saturated rings. The minimum Gasteiger partial charge on any atom is -0.345 e. The number of rotatable bonds is 6. The zero-order valence-corrected chi connectivity index (χ0v) is 18.5. The summed E-state index contributed by atoms with van der Waals surface area (Å²) in [5.74, 6) is -0.312. The molecular weight excluding hydrogens is 386 g/mol. The van der Waals surface area contributed by atoms with Gasteiger partial charge in [0.1, 0.15) is 5.56 Å². The topological polar surface area (TPSA) is 66.1 Å². The smallest absolute Gasteiger partial charge is 0.268 e. The lowest BCUT2D eigenvalue weighted by Gasteiger charge is -2.21. The van der Waals surface area contributed by atoms with E-state index in [2.05, 4.69) is 13.0 Å². The van der Waals surface area contributed by atoms with Crippen LogP contribution in [0.3, 0.4) is 0 Å². The highest BCUT2D eigenvalue weighted by molar-refractivity contribution is 5.95. The summed E-state index contributed by atoms with van der Waals surface area (Å²) in [6, 6.07) is 19.1. The van der Waals surface area contributed by atoms with Gasteiger partial charge in [0.05, 0.1) is 17.3 Å². The molecule has 158 valence electrons. The molecule has 5 nitrogen and oxygen atoms in total. The Balaban J connectivity index is 2.38. The second-order valence-electron chi connectivity index (χ2n) is 7.81. The Kier molecular flexibility index (Phi) is 6.71. The molecule has 3 rings (SSSR count). The second kappa shape index (κ2) is 9.44. The summed E-state index contributed by atoms with van der Waals surface area (Å²) in [4.78, 5) is 28.0. The molecule has 2 aromatic carbocycles. The van der Waals surface area contributed by atoms with Crippen LogP contribution in [0.4, 0.5) is 0 Å². The first-order chi connectivity index (χ1) is 14.9. The van der Waals surface area contributed by atoms with Gasteiger partial charge in [0, 0.05) is 30.9 Å². The van der Waals surface area contributed by atoms with E-state index < -0.39 is 0 Å². The van der Waals surface area contributed by atoms with Gasteiger partial charge in [0.15, 0.2) is 0 Å². The number of pyridine rings is 1. The number of hydrogen-bond donors (Lipinski definition) is 0. The Morgan fingerprint density at radius 3 is 2.35 bits per heavy atom. The molecule has 31 heavy (non-hydrogen) atoms. The van der Waals surface area contributed by atoms with Crippen LogP contribution >= 0.6 is 0 Å². The van der Waals surface area contributed by atoms with Crippen LogP contribution in [0.1, 0.15) is 46.9 Å². The predicted molar refractivity (Wildman–Crippen MR) is 124 cm³/mol. The molecule has 0 atom stereocenters. The van der Waals surface area contributed by atoms with Crippen molar-refractivity contribution in [2.45, 2.75) is 33.1 Å². The molecule has 0 bridgehead atoms. The summed E-state index contributed by atoms with van der Waals surface area (Å²) in [7, 11) is 3.29. The zero-order chi connectivity index (χ0) is 22.5. The van der Waals surface area contributed by atoms with E-state index >= 15 is 0 Å². The molecule has 0 aliphatic carbocycles. The molecule has 0 radical (unpaired) electrons. The van der Waals surface area contributed by atoms with Gasteiger partial charge in [0.25, 0.3) is 11.5 Å². The Bertz CT molecular complexity index is 1220. The fraction of sp³-hybridized carbons (Fsp3) is 0.269. The van der Waals surface area contributed by atoms with Gasteiger partial charge in [-0.05, 0) is 43.5 Å². The molecule has 1 aromatic heterocycles. The third-order valence-corrected chi connectivity index (χ3v) is 5.37. The van der Waals surface area contributed by atoms with E-state index in [9.17, 15) is 14.9 Å². The van der Waals surface area contributed by atoms with Crippen molar-refractivity contribution < 1.29 is 4.79 Å². The van der Waals surface area contributed by atoms with E-state index in [4.69, 9.17) is 0 Å². The highest BCUT2D eigenvalue weighted by Gasteiger charge is 2.22. The Hall–Kier alpha value is -3.65. The van der Waals surface area contributed by atoms with Gasteiger partial charge in [-0.15, -0.1) is 0 Å². The molecule has 0 spiro atoms. The van der Waals surface area contributed by atoms with Crippen LogP contribution in [0.15, 0.2) is 59.4 Å². The van der Waals surface area contributed by atoms with E-state index in [-0.39, 0.29) is 17.0 Å². The fourth-order valence-corrected chi connectivity index (χ4v) is 3.80. The quantitative estimate of drug-likeness (QED) is 0.587. The SMILES string of the molecule is CCCCc1cc(C)c(C(=O)N(C)C)c(=O)n1-c1ccccc1-c1ccccc1C#N. The van der Waals surface area contributed by atoms with E-state index in [0.717, 1.165) is 36.1 Å². The first kappa shape index (κ1) is 22.0. The van der Waals surface area contributed by atoms with Crippen LogP contribution in [-0.2, 0) is 6.42 Å². The highest BCUT2D eigenvalue weighted by Crippen LogP contribution is 2.30. The molecule has 0 saturated carbocycles. The molecule has 1 amide bonds. The van der Waals surface area contributed by atoms with Gasteiger partial charge in [-0.1, -0.05) is 49.7 Å². The molecule has 0 aliphatic heterocycles. The number of benzene rings is 2. The first-order valence-corrected chi connectivity index (χ1v) is 10.5. The molecule has 0 aliphatic rings. The maximum Gasteiger partial charge on any atom is 0.268 e. The Labute approximate surface area is 183 Å².